The van der Waals surface area contributed by atoms with E-state index in [1.807, 2.05) is 23.5 Å². The fourth-order valence-corrected chi connectivity index (χ4v) is 3.47. The summed E-state index contributed by atoms with van der Waals surface area (Å²) in [6, 6.07) is 8.57. The maximum Gasteiger partial charge on any atom is 0.0987 e. The molecule has 1 aromatic heterocycles. The van der Waals surface area contributed by atoms with Crippen LogP contribution in [0.5, 0.6) is 0 Å². The number of thioether (sulfide) groups is 1. The lowest BCUT2D eigenvalue weighted by atomic mass is 10.1. The van der Waals surface area contributed by atoms with E-state index in [-0.39, 0.29) is 0 Å². The molecular weight excluding hydrogens is 266 g/mol. The highest BCUT2D eigenvalue weighted by atomic mass is 32.2. The summed E-state index contributed by atoms with van der Waals surface area (Å²) >= 11 is 1.87. The molecule has 0 aliphatic heterocycles. The summed E-state index contributed by atoms with van der Waals surface area (Å²) in [7, 11) is 2.03. The summed E-state index contributed by atoms with van der Waals surface area (Å²) in [4.78, 5) is 0. The second-order valence-electron chi connectivity index (χ2n) is 4.99. The first-order valence-corrected chi connectivity index (χ1v) is 8.02. The molecule has 20 heavy (non-hydrogen) atoms. The van der Waals surface area contributed by atoms with Crippen LogP contribution < -0.4 is 5.32 Å². The van der Waals surface area contributed by atoms with Crippen LogP contribution in [0.2, 0.25) is 0 Å². The van der Waals surface area contributed by atoms with E-state index in [4.69, 9.17) is 0 Å². The van der Waals surface area contributed by atoms with Gasteiger partial charge in [0.15, 0.2) is 0 Å². The number of nitrogens with one attached hydrogen (secondary N) is 1. The average molecular weight is 289 g/mol. The molecule has 0 aliphatic carbocycles. The van der Waals surface area contributed by atoms with Gasteiger partial charge in [-0.1, -0.05) is 31.2 Å². The van der Waals surface area contributed by atoms with Crippen LogP contribution in [-0.4, -0.2) is 16.3 Å². The maximum atomic E-state index is 4.55. The summed E-state index contributed by atoms with van der Waals surface area (Å²) in [5.41, 5.74) is 5.20. The van der Waals surface area contributed by atoms with E-state index in [0.29, 0.717) is 0 Å². The van der Waals surface area contributed by atoms with Crippen LogP contribution in [-0.2, 0) is 19.3 Å². The number of aryl methyl sites for hydroxylation is 3. The fourth-order valence-electron chi connectivity index (χ4n) is 2.23. The molecule has 0 amide bonds. The Morgan fingerprint density at radius 1 is 1.25 bits per heavy atom. The van der Waals surface area contributed by atoms with Gasteiger partial charge in [-0.15, -0.1) is 11.8 Å². The Kier molecular flexibility index (Phi) is 5.26. The maximum absolute atomic E-state index is 4.55. The van der Waals surface area contributed by atoms with Crippen molar-refractivity contribution in [3.8, 4) is 0 Å². The van der Waals surface area contributed by atoms with Gasteiger partial charge in [-0.05, 0) is 31.5 Å². The Morgan fingerprint density at radius 2 is 2.00 bits per heavy atom. The van der Waals surface area contributed by atoms with Gasteiger partial charge in [-0.3, -0.25) is 4.68 Å². The third-order valence-corrected chi connectivity index (χ3v) is 4.71. The van der Waals surface area contributed by atoms with Gasteiger partial charge >= 0.3 is 0 Å². The van der Waals surface area contributed by atoms with E-state index < -0.39 is 0 Å². The summed E-state index contributed by atoms with van der Waals surface area (Å²) in [5, 5.41) is 9.23. The average Bonchev–Trinajstić information content (AvgIpc) is 2.69. The molecule has 4 heteroatoms. The van der Waals surface area contributed by atoms with Crippen molar-refractivity contribution in [3.63, 3.8) is 0 Å². The van der Waals surface area contributed by atoms with E-state index in [1.165, 1.54) is 21.7 Å². The molecule has 108 valence electrons. The normalized spacial score (nSPS) is 11.0. The molecule has 0 atom stereocenters. The molecular formula is C16H23N3S. The Bertz CT molecular complexity index is 575. The standard InChI is InChI=1S/C16H23N3S/c1-5-17-10-15-13(3)18-19(4)16(15)20-11-14-9-7-6-8-12(14)2/h6-9,17H,5,10-11H2,1-4H3. The van der Waals surface area contributed by atoms with Gasteiger partial charge < -0.3 is 5.32 Å². The van der Waals surface area contributed by atoms with Crippen LogP contribution >= 0.6 is 11.8 Å². The van der Waals surface area contributed by atoms with Crippen molar-refractivity contribution in [1.29, 1.82) is 0 Å². The lowest BCUT2D eigenvalue weighted by molar-refractivity contribution is 0.674. The quantitative estimate of drug-likeness (QED) is 0.826. The summed E-state index contributed by atoms with van der Waals surface area (Å²) in [6.45, 7) is 8.27. The van der Waals surface area contributed by atoms with Crippen molar-refractivity contribution >= 4 is 11.8 Å². The predicted molar refractivity (Wildman–Crippen MR) is 86.1 cm³/mol. The molecule has 0 spiro atoms. The van der Waals surface area contributed by atoms with Crippen LogP contribution in [0.25, 0.3) is 0 Å². The molecule has 0 fully saturated rings. The Morgan fingerprint density at radius 3 is 2.70 bits per heavy atom. The van der Waals surface area contributed by atoms with E-state index in [9.17, 15) is 0 Å². The second kappa shape index (κ2) is 6.95. The van der Waals surface area contributed by atoms with Crippen LogP contribution in [0.3, 0.4) is 0 Å². The van der Waals surface area contributed by atoms with Crippen molar-refractivity contribution in [2.24, 2.45) is 7.05 Å². The molecule has 2 rings (SSSR count). The molecule has 1 heterocycles. The highest BCUT2D eigenvalue weighted by Gasteiger charge is 2.13. The van der Waals surface area contributed by atoms with Crippen molar-refractivity contribution in [3.05, 3.63) is 46.6 Å². The van der Waals surface area contributed by atoms with Crippen molar-refractivity contribution < 1.29 is 0 Å². The van der Waals surface area contributed by atoms with E-state index >= 15 is 0 Å². The van der Waals surface area contributed by atoms with Gasteiger partial charge in [0, 0.05) is 24.9 Å². The van der Waals surface area contributed by atoms with E-state index in [2.05, 4.69) is 55.5 Å². The van der Waals surface area contributed by atoms with Crippen LogP contribution in [0, 0.1) is 13.8 Å². The lowest BCUT2D eigenvalue weighted by Gasteiger charge is -2.08. The number of hydrogen-bond acceptors (Lipinski definition) is 3. The molecule has 0 aliphatic rings. The molecule has 1 N–H and O–H groups in total. The first kappa shape index (κ1) is 15.1. The molecule has 2 aromatic rings. The number of benzene rings is 1. The first-order valence-electron chi connectivity index (χ1n) is 7.04. The van der Waals surface area contributed by atoms with Gasteiger partial charge in [0.25, 0.3) is 0 Å². The van der Waals surface area contributed by atoms with E-state index in [1.54, 1.807) is 0 Å². The molecule has 0 bridgehead atoms. The summed E-state index contributed by atoms with van der Waals surface area (Å²) in [6.07, 6.45) is 0. The third kappa shape index (κ3) is 3.44. The molecule has 0 saturated carbocycles. The first-order chi connectivity index (χ1) is 9.63. The molecule has 0 unspecified atom stereocenters. The Balaban J connectivity index is 2.14. The zero-order valence-electron chi connectivity index (χ0n) is 12.7. The number of rotatable bonds is 6. The monoisotopic (exact) mass is 289 g/mol. The molecule has 0 radical (unpaired) electrons. The molecule has 0 saturated heterocycles. The number of nitrogens with zero attached hydrogens (tertiary/aromatic N) is 2. The lowest BCUT2D eigenvalue weighted by Crippen LogP contribution is -2.12. The predicted octanol–water partition coefficient (Wildman–Crippen LogP) is 3.44. The van der Waals surface area contributed by atoms with Gasteiger partial charge in [0.05, 0.1) is 10.7 Å². The van der Waals surface area contributed by atoms with Gasteiger partial charge in [0.2, 0.25) is 0 Å². The Labute approximate surface area is 125 Å². The van der Waals surface area contributed by atoms with Crippen molar-refractivity contribution in [2.45, 2.75) is 38.1 Å². The minimum absolute atomic E-state index is 0.895. The number of aromatic nitrogens is 2. The third-order valence-electron chi connectivity index (χ3n) is 3.47. The molecule has 1 aromatic carbocycles. The fraction of sp³-hybridized carbons (Fsp3) is 0.438. The van der Waals surface area contributed by atoms with Gasteiger partial charge in [-0.25, -0.2) is 0 Å². The zero-order chi connectivity index (χ0) is 14.5. The van der Waals surface area contributed by atoms with Crippen LogP contribution in [0.4, 0.5) is 0 Å². The topological polar surface area (TPSA) is 29.9 Å². The van der Waals surface area contributed by atoms with Gasteiger partial charge in [-0.2, -0.15) is 5.10 Å². The highest BCUT2D eigenvalue weighted by Crippen LogP contribution is 2.28. The SMILES string of the molecule is CCNCc1c(C)nn(C)c1SCc1ccccc1C. The zero-order valence-corrected chi connectivity index (χ0v) is 13.5. The summed E-state index contributed by atoms with van der Waals surface area (Å²) in [5.74, 6) is 0.991. The smallest absolute Gasteiger partial charge is 0.0987 e. The molecule has 3 nitrogen and oxygen atoms in total. The number of hydrogen-bond donors (Lipinski definition) is 1. The Hall–Kier alpha value is -1.26. The highest BCUT2D eigenvalue weighted by molar-refractivity contribution is 7.98. The van der Waals surface area contributed by atoms with Crippen LogP contribution in [0.15, 0.2) is 29.3 Å². The largest absolute Gasteiger partial charge is 0.313 e. The van der Waals surface area contributed by atoms with Crippen molar-refractivity contribution in [1.82, 2.24) is 15.1 Å². The second-order valence-corrected chi connectivity index (χ2v) is 5.95. The van der Waals surface area contributed by atoms with Crippen molar-refractivity contribution in [2.75, 3.05) is 6.54 Å². The van der Waals surface area contributed by atoms with Gasteiger partial charge in [0.1, 0.15) is 0 Å². The summed E-state index contributed by atoms with van der Waals surface area (Å²) < 4.78 is 2.00. The van der Waals surface area contributed by atoms with E-state index in [0.717, 1.165) is 24.5 Å². The minimum Gasteiger partial charge on any atom is -0.313 e. The minimum atomic E-state index is 0.895. The van der Waals surface area contributed by atoms with Crippen LogP contribution in [0.1, 0.15) is 29.3 Å².